The zero-order valence-corrected chi connectivity index (χ0v) is 41.9. The maximum absolute atomic E-state index is 13.6. The van der Waals surface area contributed by atoms with Gasteiger partial charge in [0.25, 0.3) is 11.8 Å². The number of aliphatic hydroxyl groups is 1. The highest BCUT2D eigenvalue weighted by Gasteiger charge is 2.45. The van der Waals surface area contributed by atoms with Gasteiger partial charge < -0.3 is 45.9 Å². The van der Waals surface area contributed by atoms with E-state index in [1.807, 2.05) is 16.8 Å². The number of ether oxygens (including phenoxy) is 3. The Hall–Kier alpha value is -7.80. The predicted molar refractivity (Wildman–Crippen MR) is 274 cm³/mol. The molecule has 4 atom stereocenters. The van der Waals surface area contributed by atoms with Crippen LogP contribution in [0.5, 0.6) is 0 Å². The molecule has 0 radical (unpaired) electrons. The zero-order chi connectivity index (χ0) is 54.2. The molecule has 2 fully saturated rings. The Morgan fingerprint density at radius 3 is 2.44 bits per heavy atom. The van der Waals surface area contributed by atoms with Gasteiger partial charge in [-0.05, 0) is 68.9 Å². The lowest BCUT2D eigenvalue weighted by Crippen LogP contribution is -2.53. The number of carbonyl (C=O) groups excluding carboxylic acids is 6. The third kappa shape index (κ3) is 12.6. The van der Waals surface area contributed by atoms with Gasteiger partial charge >= 0.3 is 6.18 Å². The minimum Gasteiger partial charge on any atom is -0.383 e. The molecule has 21 nitrogen and oxygen atoms in total. The second kappa shape index (κ2) is 24.0. The van der Waals surface area contributed by atoms with Crippen molar-refractivity contribution in [2.45, 2.75) is 81.9 Å². The summed E-state index contributed by atoms with van der Waals surface area (Å²) in [5.41, 5.74) is 9.56. The minimum absolute atomic E-state index is 0.0475. The lowest BCUT2D eigenvalue weighted by Gasteiger charge is -2.31. The van der Waals surface area contributed by atoms with Crippen molar-refractivity contribution in [3.8, 4) is 11.3 Å². The summed E-state index contributed by atoms with van der Waals surface area (Å²) in [5.74, 6) is -2.72. The number of hydrogen-bond acceptors (Lipinski definition) is 15. The van der Waals surface area contributed by atoms with Gasteiger partial charge in [0.05, 0.1) is 80.7 Å². The lowest BCUT2D eigenvalue weighted by molar-refractivity contribution is -0.140. The van der Waals surface area contributed by atoms with E-state index in [-0.39, 0.29) is 119 Å². The molecule has 0 spiro atoms. The number of aliphatic hydroxyl groups excluding tert-OH is 1. The fraction of sp³-hybridized carbons (Fsp3) is 0.415. The minimum atomic E-state index is -4.60. The smallest absolute Gasteiger partial charge is 0.383 e. The molecule has 9 rings (SSSR count). The van der Waals surface area contributed by atoms with E-state index in [0.29, 0.717) is 47.3 Å². The molecule has 77 heavy (non-hydrogen) atoms. The molecule has 1 saturated carbocycles. The zero-order valence-electron chi connectivity index (χ0n) is 41.9. The molecule has 3 aromatic heterocycles. The van der Waals surface area contributed by atoms with Gasteiger partial charge in [0.2, 0.25) is 23.6 Å². The van der Waals surface area contributed by atoms with E-state index < -0.39 is 47.6 Å². The van der Waals surface area contributed by atoms with Gasteiger partial charge in [-0.2, -0.15) is 18.3 Å². The summed E-state index contributed by atoms with van der Waals surface area (Å²) in [6.07, 6.45) is 4.04. The van der Waals surface area contributed by atoms with Crippen LogP contribution in [0.3, 0.4) is 0 Å². The summed E-state index contributed by atoms with van der Waals surface area (Å²) in [6.45, 7) is 1.91. The molecular formula is C53H58F3N11O10. The fourth-order valence-corrected chi connectivity index (χ4v) is 10.1. The van der Waals surface area contributed by atoms with Crippen molar-refractivity contribution in [1.29, 1.82) is 0 Å². The van der Waals surface area contributed by atoms with Crippen LogP contribution in [-0.2, 0) is 39.6 Å². The highest BCUT2D eigenvalue weighted by molar-refractivity contribution is 6.09. The maximum atomic E-state index is 13.6. The van der Waals surface area contributed by atoms with Crippen LogP contribution in [0.25, 0.3) is 28.2 Å². The number of nitrogens with one attached hydrogen (secondary N) is 4. The number of imide groups is 1. The van der Waals surface area contributed by atoms with Gasteiger partial charge in [0.1, 0.15) is 23.4 Å². The highest BCUT2D eigenvalue weighted by Crippen LogP contribution is 2.41. The Bertz CT molecular complexity index is 3060. The van der Waals surface area contributed by atoms with Crippen LogP contribution in [0.15, 0.2) is 73.1 Å². The Morgan fingerprint density at radius 1 is 0.909 bits per heavy atom. The number of nitrogens with two attached hydrogens (primary N) is 1. The summed E-state index contributed by atoms with van der Waals surface area (Å²) in [4.78, 5) is 88.7. The van der Waals surface area contributed by atoms with Gasteiger partial charge in [-0.25, -0.2) is 9.97 Å². The number of benzene rings is 2. The van der Waals surface area contributed by atoms with Gasteiger partial charge in [-0.3, -0.25) is 43.7 Å². The van der Waals surface area contributed by atoms with Gasteiger partial charge in [-0.1, -0.05) is 36.4 Å². The quantitative estimate of drug-likeness (QED) is 0.0529. The Labute approximate surface area is 439 Å². The lowest BCUT2D eigenvalue weighted by atomic mass is 9.90. The van der Waals surface area contributed by atoms with Crippen LogP contribution in [-0.4, -0.2) is 141 Å². The molecule has 1 saturated heterocycles. The van der Waals surface area contributed by atoms with Crippen LogP contribution in [0.1, 0.15) is 101 Å². The summed E-state index contributed by atoms with van der Waals surface area (Å²) >= 11 is 0. The third-order valence-corrected chi connectivity index (χ3v) is 13.8. The molecule has 6 amide bonds. The molecule has 5 aromatic rings. The number of rotatable bonds is 17. The van der Waals surface area contributed by atoms with Crippen molar-refractivity contribution < 1.29 is 61.3 Å². The monoisotopic (exact) mass is 1070 g/mol. The van der Waals surface area contributed by atoms with E-state index in [1.165, 1.54) is 17.0 Å². The first-order chi connectivity index (χ1) is 37.1. The Morgan fingerprint density at radius 2 is 1.68 bits per heavy atom. The van der Waals surface area contributed by atoms with E-state index in [9.17, 15) is 47.0 Å². The first kappa shape index (κ1) is 54.0. The standard InChI is InChI=1S/C53H58F3N11O10/c54-53(55,56)34-16-18-59-40(27-34)62-49(71)32-12-10-31(11-13-32)46-45-47-33(29-60-48(45)57)5-1-2-20-65(30-42(69)61-35-6-3-7-36(28-35)67(47)64-46)43(70)17-21-75-23-25-77-26-24-76-22-19-58-38-9-4-8-37-44(38)52(74)66(51(37)73)39-14-15-41(68)63-50(39)72/h1,4-5,8-13,16,18,27,29,35-36,39,51,58,73H,2-3,6-7,14-15,17,19-26,28,30H2,(H2,57,60)(H,61,69)(H,59,62,71)(H,63,68,72)/b5-1+/t35-,36-,39?,51?/m1/s1. The van der Waals surface area contributed by atoms with E-state index >= 15 is 0 Å². The molecule has 24 heteroatoms. The second-order valence-corrected chi connectivity index (χ2v) is 19.0. The fourth-order valence-electron chi connectivity index (χ4n) is 10.1. The SMILES string of the molecule is Nc1ncc2c3c1c(-c1ccc(C(=O)Nc4cc(C(F)(F)F)ccn4)cc1)nn3[C@@H]1CCC[C@H](C1)NC(=O)CN(C(=O)CCOCCOCCOCCNc1cccc3c1C(=O)N(C1CCC(=O)NC1=O)C3O)CC/C=C/2. The number of pyridine rings is 2. The molecular weight excluding hydrogens is 1010 g/mol. The number of piperidine rings is 1. The average Bonchev–Trinajstić information content (AvgIpc) is 3.99. The molecule has 2 bridgehead atoms. The van der Waals surface area contributed by atoms with E-state index in [2.05, 4.69) is 31.2 Å². The van der Waals surface area contributed by atoms with Crippen LogP contribution < -0.4 is 27.0 Å². The third-order valence-electron chi connectivity index (χ3n) is 13.8. The average molecular weight is 1070 g/mol. The number of alkyl halides is 3. The molecule has 2 unspecified atom stereocenters. The van der Waals surface area contributed by atoms with Crippen molar-refractivity contribution in [1.82, 2.24) is 40.2 Å². The number of fused-ring (bicyclic) bond motifs is 4. The molecule has 2 aromatic carbocycles. The number of hydrogen-bond donors (Lipinski definition) is 6. The molecule has 4 aliphatic rings. The summed E-state index contributed by atoms with van der Waals surface area (Å²) < 4.78 is 58.8. The van der Waals surface area contributed by atoms with E-state index in [1.54, 1.807) is 36.5 Å². The van der Waals surface area contributed by atoms with Crippen molar-refractivity contribution in [2.75, 3.05) is 75.6 Å². The van der Waals surface area contributed by atoms with Crippen molar-refractivity contribution in [3.05, 3.63) is 101 Å². The number of anilines is 3. The molecule has 406 valence electrons. The first-order valence-corrected chi connectivity index (χ1v) is 25.4. The van der Waals surface area contributed by atoms with Crippen LogP contribution in [0.2, 0.25) is 0 Å². The van der Waals surface area contributed by atoms with Crippen molar-refractivity contribution in [2.24, 2.45) is 0 Å². The van der Waals surface area contributed by atoms with Gasteiger partial charge in [0, 0.05) is 65.9 Å². The first-order valence-electron chi connectivity index (χ1n) is 25.4. The number of carbonyl (C=O) groups is 6. The van der Waals surface area contributed by atoms with Crippen LogP contribution in [0, 0.1) is 0 Å². The number of nitrogens with zero attached hydrogens (tertiary/aromatic N) is 6. The van der Waals surface area contributed by atoms with Crippen molar-refractivity contribution in [3.63, 3.8) is 0 Å². The summed E-state index contributed by atoms with van der Waals surface area (Å²) in [7, 11) is 0. The topological polar surface area (TPSA) is 275 Å². The maximum Gasteiger partial charge on any atom is 0.416 e. The van der Waals surface area contributed by atoms with E-state index in [0.717, 1.165) is 53.6 Å². The summed E-state index contributed by atoms with van der Waals surface area (Å²) in [6, 6.07) is 11.7. The number of amides is 6. The van der Waals surface area contributed by atoms with Crippen LogP contribution in [0.4, 0.5) is 30.5 Å². The largest absolute Gasteiger partial charge is 0.416 e. The number of nitrogen functional groups attached to an aromatic ring is 1. The molecule has 1 aliphatic carbocycles. The van der Waals surface area contributed by atoms with Gasteiger partial charge in [-0.15, -0.1) is 0 Å². The Kier molecular flexibility index (Phi) is 16.9. The molecule has 3 aliphatic heterocycles. The summed E-state index contributed by atoms with van der Waals surface area (Å²) in [5, 5.41) is 27.6. The van der Waals surface area contributed by atoms with Crippen LogP contribution >= 0.6 is 0 Å². The van der Waals surface area contributed by atoms with Crippen molar-refractivity contribution >= 4 is 69.7 Å². The predicted octanol–water partition coefficient (Wildman–Crippen LogP) is 5.00. The molecule has 7 N–H and O–H groups in total. The Balaban J connectivity index is 0.742. The highest BCUT2D eigenvalue weighted by atomic mass is 19.4. The number of halogens is 3. The van der Waals surface area contributed by atoms with E-state index in [4.69, 9.17) is 25.0 Å². The molecule has 6 heterocycles. The normalized spacial score (nSPS) is 20.3. The second-order valence-electron chi connectivity index (χ2n) is 19.0. The number of aromatic nitrogens is 4. The van der Waals surface area contributed by atoms with Gasteiger partial charge in [0.15, 0.2) is 6.23 Å².